The zero-order valence-corrected chi connectivity index (χ0v) is 19.5. The third kappa shape index (κ3) is 4.23. The van der Waals surface area contributed by atoms with Gasteiger partial charge in [0.1, 0.15) is 12.0 Å². The van der Waals surface area contributed by atoms with Crippen molar-refractivity contribution in [2.24, 2.45) is 0 Å². The van der Waals surface area contributed by atoms with Gasteiger partial charge in [0.15, 0.2) is 22.3 Å². The standard InChI is InChI=1S/C19H13Cl4N3O4S/c1-29-13-4-8(2-3-12(13)27)16-15(23)18(28)26(16)19-25-24-14(31-19)7-30-17-10(21)5-9(20)6-11(17)22/h2-6,15-16,27H,7H2,1H3. The fraction of sp³-hybridized carbons (Fsp3) is 0.211. The molecule has 7 nitrogen and oxygen atoms in total. The molecule has 1 saturated heterocycles. The molecule has 12 heteroatoms. The first-order chi connectivity index (χ1) is 14.8. The maximum Gasteiger partial charge on any atom is 0.250 e. The average Bonchev–Trinajstić information content (AvgIpc) is 3.19. The van der Waals surface area contributed by atoms with Gasteiger partial charge in [-0.1, -0.05) is 52.2 Å². The third-order valence-electron chi connectivity index (χ3n) is 4.54. The number of anilines is 1. The van der Waals surface area contributed by atoms with Crippen molar-refractivity contribution in [1.29, 1.82) is 0 Å². The Morgan fingerprint density at radius 2 is 1.87 bits per heavy atom. The summed E-state index contributed by atoms with van der Waals surface area (Å²) >= 11 is 25.6. The number of carbonyl (C=O) groups excluding carboxylic acids is 1. The molecule has 4 rings (SSSR count). The van der Waals surface area contributed by atoms with E-state index >= 15 is 0 Å². The smallest absolute Gasteiger partial charge is 0.250 e. The maximum absolute atomic E-state index is 12.5. The van der Waals surface area contributed by atoms with Crippen molar-refractivity contribution in [3.05, 3.63) is 56.0 Å². The molecule has 2 aromatic carbocycles. The molecule has 1 aliphatic heterocycles. The first-order valence-electron chi connectivity index (χ1n) is 8.74. The lowest BCUT2D eigenvalue weighted by molar-refractivity contribution is -0.123. The molecule has 31 heavy (non-hydrogen) atoms. The van der Waals surface area contributed by atoms with Crippen LogP contribution in [0.15, 0.2) is 30.3 Å². The monoisotopic (exact) mass is 519 g/mol. The number of halogens is 4. The first kappa shape index (κ1) is 22.2. The summed E-state index contributed by atoms with van der Waals surface area (Å²) in [5.74, 6) is 0.249. The summed E-state index contributed by atoms with van der Waals surface area (Å²) in [4.78, 5) is 13.9. The van der Waals surface area contributed by atoms with Crippen molar-refractivity contribution < 1.29 is 19.4 Å². The number of methoxy groups -OCH3 is 1. The van der Waals surface area contributed by atoms with Gasteiger partial charge in [-0.15, -0.1) is 21.8 Å². The molecule has 0 radical (unpaired) electrons. The molecule has 1 amide bonds. The second kappa shape index (κ2) is 8.88. The number of carbonyl (C=O) groups is 1. The summed E-state index contributed by atoms with van der Waals surface area (Å²) in [5.41, 5.74) is 0.696. The Bertz CT molecular complexity index is 1140. The van der Waals surface area contributed by atoms with Crippen LogP contribution in [0.25, 0.3) is 0 Å². The van der Waals surface area contributed by atoms with Crippen molar-refractivity contribution in [3.63, 3.8) is 0 Å². The van der Waals surface area contributed by atoms with Crippen LogP contribution in [0.5, 0.6) is 17.2 Å². The number of hydrogen-bond donors (Lipinski definition) is 1. The molecular weight excluding hydrogens is 508 g/mol. The fourth-order valence-corrected chi connectivity index (χ4v) is 5.15. The number of aromatic nitrogens is 2. The lowest BCUT2D eigenvalue weighted by Gasteiger charge is -2.42. The van der Waals surface area contributed by atoms with Crippen LogP contribution in [0, 0.1) is 0 Å². The second-order valence-electron chi connectivity index (χ2n) is 6.45. The number of aromatic hydroxyl groups is 1. The lowest BCUT2D eigenvalue weighted by atomic mass is 9.93. The molecule has 162 valence electrons. The average molecular weight is 521 g/mol. The Morgan fingerprint density at radius 3 is 2.55 bits per heavy atom. The van der Waals surface area contributed by atoms with Gasteiger partial charge in [0, 0.05) is 5.02 Å². The van der Waals surface area contributed by atoms with Crippen molar-refractivity contribution in [2.75, 3.05) is 12.0 Å². The molecule has 0 spiro atoms. The van der Waals surface area contributed by atoms with E-state index in [0.29, 0.717) is 20.7 Å². The van der Waals surface area contributed by atoms with E-state index in [9.17, 15) is 9.90 Å². The van der Waals surface area contributed by atoms with Crippen LogP contribution >= 0.6 is 57.7 Å². The zero-order valence-electron chi connectivity index (χ0n) is 15.7. The zero-order chi connectivity index (χ0) is 22.3. The van der Waals surface area contributed by atoms with Gasteiger partial charge >= 0.3 is 0 Å². The van der Waals surface area contributed by atoms with Gasteiger partial charge in [0.2, 0.25) is 11.0 Å². The minimum absolute atomic E-state index is 0.00977. The summed E-state index contributed by atoms with van der Waals surface area (Å²) in [6.07, 6.45) is 0. The summed E-state index contributed by atoms with van der Waals surface area (Å²) in [6.45, 7) is 0.0444. The van der Waals surface area contributed by atoms with Gasteiger partial charge in [-0.3, -0.25) is 9.69 Å². The van der Waals surface area contributed by atoms with Crippen LogP contribution in [-0.4, -0.2) is 33.7 Å². The molecule has 1 aromatic heterocycles. The van der Waals surface area contributed by atoms with Gasteiger partial charge in [-0.2, -0.15) is 0 Å². The first-order valence-corrected chi connectivity index (χ1v) is 11.1. The minimum atomic E-state index is -0.774. The number of alkyl halides is 1. The van der Waals surface area contributed by atoms with E-state index in [1.807, 2.05) is 0 Å². The minimum Gasteiger partial charge on any atom is -0.504 e. The molecule has 1 N–H and O–H groups in total. The Labute approximate surface area is 201 Å². The van der Waals surface area contributed by atoms with Crippen molar-refractivity contribution >= 4 is 68.8 Å². The molecular formula is C19H13Cl4N3O4S. The van der Waals surface area contributed by atoms with E-state index in [1.165, 1.54) is 41.5 Å². The van der Waals surface area contributed by atoms with Gasteiger partial charge < -0.3 is 14.6 Å². The number of benzene rings is 2. The van der Waals surface area contributed by atoms with Crippen molar-refractivity contribution in [1.82, 2.24) is 10.2 Å². The van der Waals surface area contributed by atoms with Gasteiger partial charge in [0.25, 0.3) is 0 Å². The highest BCUT2D eigenvalue weighted by Crippen LogP contribution is 2.45. The SMILES string of the molecule is COc1cc(C2C(Cl)C(=O)N2c2nnc(COc3c(Cl)cc(Cl)cc3Cl)s2)ccc1O. The van der Waals surface area contributed by atoms with E-state index in [1.54, 1.807) is 12.1 Å². The Kier molecular flexibility index (Phi) is 6.37. The summed E-state index contributed by atoms with van der Waals surface area (Å²) in [5, 5.41) is 19.0. The molecule has 0 bridgehead atoms. The number of ether oxygens (including phenoxy) is 2. The fourth-order valence-electron chi connectivity index (χ4n) is 3.06. The molecule has 2 heterocycles. The Morgan fingerprint density at radius 1 is 1.16 bits per heavy atom. The number of amides is 1. The van der Waals surface area contributed by atoms with E-state index in [2.05, 4.69) is 10.2 Å². The van der Waals surface area contributed by atoms with E-state index < -0.39 is 11.4 Å². The number of nitrogens with zero attached hydrogens (tertiary/aromatic N) is 3. The Balaban J connectivity index is 1.53. The normalized spacial score (nSPS) is 18.1. The van der Waals surface area contributed by atoms with E-state index in [0.717, 1.165) is 0 Å². The molecule has 1 fully saturated rings. The number of phenolic OH excluding ortho intramolecular Hbond substituents is 1. The second-order valence-corrected chi connectivity index (χ2v) is 9.21. The van der Waals surface area contributed by atoms with E-state index in [4.69, 9.17) is 55.9 Å². The molecule has 1 aliphatic rings. The van der Waals surface area contributed by atoms with E-state index in [-0.39, 0.29) is 39.8 Å². The van der Waals surface area contributed by atoms with Crippen LogP contribution in [0.3, 0.4) is 0 Å². The summed E-state index contributed by atoms with van der Waals surface area (Å²) in [6, 6.07) is 7.34. The van der Waals surface area contributed by atoms with Crippen LogP contribution in [0.2, 0.25) is 15.1 Å². The van der Waals surface area contributed by atoms with Crippen LogP contribution in [0.4, 0.5) is 5.13 Å². The van der Waals surface area contributed by atoms with Crippen molar-refractivity contribution in [3.8, 4) is 17.2 Å². The van der Waals surface area contributed by atoms with Crippen LogP contribution < -0.4 is 14.4 Å². The Hall–Kier alpha value is -1.97. The molecule has 2 unspecified atom stereocenters. The summed E-state index contributed by atoms with van der Waals surface area (Å²) in [7, 11) is 1.44. The van der Waals surface area contributed by atoms with Crippen LogP contribution in [0.1, 0.15) is 16.6 Å². The molecule has 2 atom stereocenters. The number of phenols is 1. The maximum atomic E-state index is 12.5. The largest absolute Gasteiger partial charge is 0.504 e. The van der Waals surface area contributed by atoms with Gasteiger partial charge in [0.05, 0.1) is 23.2 Å². The molecule has 3 aromatic rings. The number of β-lactam (4-membered cyclic amide) rings is 1. The predicted molar refractivity (Wildman–Crippen MR) is 120 cm³/mol. The number of rotatable bonds is 6. The highest BCUT2D eigenvalue weighted by atomic mass is 35.5. The molecule has 0 aliphatic carbocycles. The third-order valence-corrected chi connectivity index (χ3v) is 6.64. The highest BCUT2D eigenvalue weighted by Gasteiger charge is 2.49. The topological polar surface area (TPSA) is 84.8 Å². The van der Waals surface area contributed by atoms with Crippen LogP contribution in [-0.2, 0) is 11.4 Å². The summed E-state index contributed by atoms with van der Waals surface area (Å²) < 4.78 is 10.8. The van der Waals surface area contributed by atoms with Crippen molar-refractivity contribution in [2.45, 2.75) is 18.0 Å². The predicted octanol–water partition coefficient (Wildman–Crippen LogP) is 5.49. The quantitative estimate of drug-likeness (QED) is 0.342. The molecule has 0 saturated carbocycles. The number of hydrogen-bond acceptors (Lipinski definition) is 7. The van der Waals surface area contributed by atoms with Gasteiger partial charge in [-0.05, 0) is 29.8 Å². The highest BCUT2D eigenvalue weighted by molar-refractivity contribution is 7.15. The van der Waals surface area contributed by atoms with Gasteiger partial charge in [-0.25, -0.2) is 0 Å². The lowest BCUT2D eigenvalue weighted by Crippen LogP contribution is -2.56.